The summed E-state index contributed by atoms with van der Waals surface area (Å²) in [4.78, 5) is 27.9. The second kappa shape index (κ2) is 13.3. The smallest absolute Gasteiger partial charge is 0.264 e. The van der Waals surface area contributed by atoms with Crippen LogP contribution in [-0.2, 0) is 26.2 Å². The molecule has 0 heterocycles. The van der Waals surface area contributed by atoms with Crippen LogP contribution in [0.1, 0.15) is 18.9 Å². The van der Waals surface area contributed by atoms with Crippen molar-refractivity contribution in [3.05, 3.63) is 83.4 Å². The topological polar surface area (TPSA) is 105 Å². The molecule has 0 aliphatic carbocycles. The van der Waals surface area contributed by atoms with Crippen molar-refractivity contribution in [2.75, 3.05) is 32.1 Å². The number of amides is 2. The Hall–Kier alpha value is -3.76. The molecule has 3 rings (SSSR count). The van der Waals surface area contributed by atoms with E-state index in [0.717, 1.165) is 9.87 Å². The number of anilines is 1. The van der Waals surface area contributed by atoms with Gasteiger partial charge in [-0.25, -0.2) is 8.42 Å². The van der Waals surface area contributed by atoms with E-state index in [1.165, 1.54) is 56.5 Å². The molecule has 39 heavy (non-hydrogen) atoms. The fourth-order valence-electron chi connectivity index (χ4n) is 4.11. The van der Waals surface area contributed by atoms with Crippen LogP contribution in [0.3, 0.4) is 0 Å². The average Bonchev–Trinajstić information content (AvgIpc) is 2.96. The van der Waals surface area contributed by atoms with Gasteiger partial charge in [-0.3, -0.25) is 13.9 Å². The Balaban J connectivity index is 2.08. The fraction of sp³-hybridized carbons (Fsp3) is 0.286. The average molecular weight is 574 g/mol. The third-order valence-corrected chi connectivity index (χ3v) is 8.19. The predicted molar refractivity (Wildman–Crippen MR) is 151 cm³/mol. The highest BCUT2D eigenvalue weighted by atomic mass is 35.5. The number of nitrogens with one attached hydrogen (secondary N) is 1. The number of hydrogen-bond acceptors (Lipinski definition) is 6. The summed E-state index contributed by atoms with van der Waals surface area (Å²) in [6.07, 6.45) is 0.335. The standard InChI is InChI=1S/C28H32ClN3O6S/c1-5-24(28(34)30-2)31(18-20-9-7-6-8-10-20)27(33)19-32(22-13-11-21(29)12-14-22)39(35,36)23-15-16-25(37-3)26(17-23)38-4/h6-17,24H,5,18-19H2,1-4H3,(H,30,34)/t24-/m0/s1. The van der Waals surface area contributed by atoms with E-state index in [2.05, 4.69) is 5.32 Å². The first-order valence-corrected chi connectivity index (χ1v) is 14.0. The number of methoxy groups -OCH3 is 2. The van der Waals surface area contributed by atoms with Gasteiger partial charge in [0, 0.05) is 24.7 Å². The summed E-state index contributed by atoms with van der Waals surface area (Å²) in [5.74, 6) is -0.316. The minimum Gasteiger partial charge on any atom is -0.493 e. The van der Waals surface area contributed by atoms with Crippen LogP contribution in [0.25, 0.3) is 0 Å². The molecule has 208 valence electrons. The van der Waals surface area contributed by atoms with Crippen LogP contribution < -0.4 is 19.1 Å². The van der Waals surface area contributed by atoms with E-state index in [1.807, 2.05) is 30.3 Å². The van der Waals surface area contributed by atoms with Gasteiger partial charge in [-0.15, -0.1) is 0 Å². The number of likely N-dealkylation sites (N-methyl/N-ethyl adjacent to an activating group) is 1. The van der Waals surface area contributed by atoms with Crippen LogP contribution in [0.4, 0.5) is 5.69 Å². The minimum absolute atomic E-state index is 0.101. The van der Waals surface area contributed by atoms with Crippen LogP contribution >= 0.6 is 11.6 Å². The lowest BCUT2D eigenvalue weighted by Gasteiger charge is -2.33. The molecule has 1 atom stereocenters. The van der Waals surface area contributed by atoms with Gasteiger partial charge in [-0.2, -0.15) is 0 Å². The molecule has 0 aromatic heterocycles. The van der Waals surface area contributed by atoms with Gasteiger partial charge in [0.1, 0.15) is 12.6 Å². The first-order chi connectivity index (χ1) is 18.7. The zero-order valence-corrected chi connectivity index (χ0v) is 23.8. The molecule has 0 bridgehead atoms. The van der Waals surface area contributed by atoms with Crippen molar-refractivity contribution in [3.8, 4) is 11.5 Å². The van der Waals surface area contributed by atoms with Gasteiger partial charge < -0.3 is 19.7 Å². The molecule has 1 N–H and O–H groups in total. The molecule has 9 nitrogen and oxygen atoms in total. The molecule has 0 unspecified atom stereocenters. The third kappa shape index (κ3) is 7.01. The summed E-state index contributed by atoms with van der Waals surface area (Å²) >= 11 is 6.06. The Morgan fingerprint density at radius 1 is 0.949 bits per heavy atom. The van der Waals surface area contributed by atoms with E-state index in [-0.39, 0.29) is 28.8 Å². The first kappa shape index (κ1) is 29.8. The molecular formula is C28H32ClN3O6S. The van der Waals surface area contributed by atoms with Gasteiger partial charge in [0.05, 0.1) is 24.8 Å². The quantitative estimate of drug-likeness (QED) is 0.350. The molecule has 0 aliphatic rings. The van der Waals surface area contributed by atoms with Crippen molar-refractivity contribution in [3.63, 3.8) is 0 Å². The molecule has 0 radical (unpaired) electrons. The van der Waals surface area contributed by atoms with Crippen LogP contribution in [0.2, 0.25) is 5.02 Å². The lowest BCUT2D eigenvalue weighted by molar-refractivity contribution is -0.140. The molecule has 2 amide bonds. The highest BCUT2D eigenvalue weighted by molar-refractivity contribution is 7.92. The summed E-state index contributed by atoms with van der Waals surface area (Å²) in [6, 6.07) is 18.7. The normalized spacial score (nSPS) is 11.8. The van der Waals surface area contributed by atoms with Crippen LogP contribution in [0.5, 0.6) is 11.5 Å². The predicted octanol–water partition coefficient (Wildman–Crippen LogP) is 4.11. The van der Waals surface area contributed by atoms with E-state index >= 15 is 0 Å². The Morgan fingerprint density at radius 2 is 1.59 bits per heavy atom. The third-order valence-electron chi connectivity index (χ3n) is 6.16. The Morgan fingerprint density at radius 3 is 2.15 bits per heavy atom. The fourth-order valence-corrected chi connectivity index (χ4v) is 5.66. The van der Waals surface area contributed by atoms with Gasteiger partial charge in [0.2, 0.25) is 11.8 Å². The van der Waals surface area contributed by atoms with Crippen molar-refractivity contribution in [1.82, 2.24) is 10.2 Å². The van der Waals surface area contributed by atoms with Gasteiger partial charge in [0.15, 0.2) is 11.5 Å². The van der Waals surface area contributed by atoms with Gasteiger partial charge in [-0.1, -0.05) is 48.9 Å². The Labute approximate surface area is 234 Å². The number of hydrogen-bond donors (Lipinski definition) is 1. The maximum atomic E-state index is 14.0. The van der Waals surface area contributed by atoms with E-state index in [4.69, 9.17) is 21.1 Å². The molecule has 0 saturated heterocycles. The number of carbonyl (C=O) groups is 2. The second-order valence-electron chi connectivity index (χ2n) is 8.55. The van der Waals surface area contributed by atoms with E-state index in [0.29, 0.717) is 17.2 Å². The van der Waals surface area contributed by atoms with Gasteiger partial charge in [-0.05, 0) is 48.4 Å². The lowest BCUT2D eigenvalue weighted by Crippen LogP contribution is -2.51. The zero-order valence-electron chi connectivity index (χ0n) is 22.3. The number of benzene rings is 3. The molecule has 0 aliphatic heterocycles. The van der Waals surface area contributed by atoms with Crippen LogP contribution in [0, 0.1) is 0 Å². The molecule has 3 aromatic rings. The molecule has 0 spiro atoms. The van der Waals surface area contributed by atoms with Crippen molar-refractivity contribution in [2.45, 2.75) is 30.8 Å². The molecule has 0 fully saturated rings. The van der Waals surface area contributed by atoms with Crippen LogP contribution in [-0.4, -0.2) is 59.0 Å². The highest BCUT2D eigenvalue weighted by Gasteiger charge is 2.33. The van der Waals surface area contributed by atoms with E-state index in [9.17, 15) is 18.0 Å². The Bertz CT molecular complexity index is 1380. The van der Waals surface area contributed by atoms with E-state index in [1.54, 1.807) is 19.1 Å². The van der Waals surface area contributed by atoms with Crippen LogP contribution in [0.15, 0.2) is 77.7 Å². The molecule has 0 saturated carbocycles. The highest BCUT2D eigenvalue weighted by Crippen LogP contribution is 2.32. The number of nitrogens with zero attached hydrogens (tertiary/aromatic N) is 2. The minimum atomic E-state index is -4.28. The van der Waals surface area contributed by atoms with Gasteiger partial charge >= 0.3 is 0 Å². The van der Waals surface area contributed by atoms with Gasteiger partial charge in [0.25, 0.3) is 10.0 Å². The molecule has 11 heteroatoms. The SMILES string of the molecule is CC[C@@H](C(=O)NC)N(Cc1ccccc1)C(=O)CN(c1ccc(Cl)cc1)S(=O)(=O)c1ccc(OC)c(OC)c1. The number of rotatable bonds is 12. The summed E-state index contributed by atoms with van der Waals surface area (Å²) < 4.78 is 39.5. The number of carbonyl (C=O) groups excluding carboxylic acids is 2. The van der Waals surface area contributed by atoms with Crippen molar-refractivity contribution >= 4 is 39.1 Å². The zero-order chi connectivity index (χ0) is 28.6. The monoisotopic (exact) mass is 573 g/mol. The Kier molecular flexibility index (Phi) is 10.2. The maximum Gasteiger partial charge on any atom is 0.264 e. The van der Waals surface area contributed by atoms with Crippen molar-refractivity contribution < 1.29 is 27.5 Å². The molecule has 3 aromatic carbocycles. The second-order valence-corrected chi connectivity index (χ2v) is 10.8. The summed E-state index contributed by atoms with van der Waals surface area (Å²) in [5.41, 5.74) is 1.03. The number of halogens is 1. The summed E-state index contributed by atoms with van der Waals surface area (Å²) in [5, 5.41) is 3.01. The number of sulfonamides is 1. The van der Waals surface area contributed by atoms with Crippen molar-refractivity contribution in [2.24, 2.45) is 0 Å². The van der Waals surface area contributed by atoms with E-state index < -0.39 is 28.5 Å². The molecular weight excluding hydrogens is 542 g/mol. The largest absolute Gasteiger partial charge is 0.493 e. The first-order valence-electron chi connectivity index (χ1n) is 12.2. The summed E-state index contributed by atoms with van der Waals surface area (Å²) in [7, 11) is 0.0698. The lowest BCUT2D eigenvalue weighted by atomic mass is 10.1. The maximum absolute atomic E-state index is 14.0. The number of ether oxygens (including phenoxy) is 2. The summed E-state index contributed by atoms with van der Waals surface area (Å²) in [6.45, 7) is 1.36. The van der Waals surface area contributed by atoms with Crippen molar-refractivity contribution in [1.29, 1.82) is 0 Å².